The van der Waals surface area contributed by atoms with Crippen LogP contribution in [-0.2, 0) is 15.1 Å². The van der Waals surface area contributed by atoms with Crippen molar-refractivity contribution in [3.63, 3.8) is 0 Å². The van der Waals surface area contributed by atoms with Gasteiger partial charge in [-0.25, -0.2) is 0 Å². The van der Waals surface area contributed by atoms with E-state index in [0.29, 0.717) is 31.5 Å². The summed E-state index contributed by atoms with van der Waals surface area (Å²) >= 11 is 0. The van der Waals surface area contributed by atoms with Crippen LogP contribution in [0.15, 0.2) is 4.52 Å². The van der Waals surface area contributed by atoms with Crippen LogP contribution in [0.25, 0.3) is 0 Å². The summed E-state index contributed by atoms with van der Waals surface area (Å²) in [7, 11) is 0. The molecule has 2 rings (SSSR count). The number of nitrogens with two attached hydrogens (primary N) is 1. The Hall–Kier alpha value is -0.980. The van der Waals surface area contributed by atoms with Gasteiger partial charge in [0.2, 0.25) is 11.7 Å². The van der Waals surface area contributed by atoms with Gasteiger partial charge in [0.05, 0.1) is 6.04 Å². The van der Waals surface area contributed by atoms with E-state index in [1.165, 1.54) is 0 Å². The zero-order chi connectivity index (χ0) is 13.7. The fourth-order valence-electron chi connectivity index (χ4n) is 2.42. The predicted molar refractivity (Wildman–Crippen MR) is 69.5 cm³/mol. The van der Waals surface area contributed by atoms with Crippen molar-refractivity contribution in [3.05, 3.63) is 11.7 Å². The Bertz CT molecular complexity index is 383. The standard InChI is InChI=1S/C13H23N3O3/c1-3-5-10(14)11-15-12(16-19-11)13(18-4-2)6-8-17-9-7-13/h10H,3-9,14H2,1-2H3. The third-order valence-electron chi connectivity index (χ3n) is 3.49. The smallest absolute Gasteiger partial charge is 0.243 e. The molecule has 0 amide bonds. The molecule has 108 valence electrons. The molecule has 2 N–H and O–H groups in total. The van der Waals surface area contributed by atoms with Crippen molar-refractivity contribution in [2.45, 2.75) is 51.2 Å². The first-order valence-corrected chi connectivity index (χ1v) is 7.03. The summed E-state index contributed by atoms with van der Waals surface area (Å²) in [6.45, 7) is 5.99. The van der Waals surface area contributed by atoms with Crippen LogP contribution in [-0.4, -0.2) is 30.0 Å². The molecule has 0 saturated carbocycles. The molecule has 1 unspecified atom stereocenters. The number of hydrogen-bond acceptors (Lipinski definition) is 6. The molecule has 0 radical (unpaired) electrons. The summed E-state index contributed by atoms with van der Waals surface area (Å²) in [5, 5.41) is 4.09. The van der Waals surface area contributed by atoms with Crippen LogP contribution in [0.2, 0.25) is 0 Å². The maximum atomic E-state index is 6.00. The lowest BCUT2D eigenvalue weighted by molar-refractivity contribution is -0.118. The average molecular weight is 269 g/mol. The van der Waals surface area contributed by atoms with E-state index >= 15 is 0 Å². The van der Waals surface area contributed by atoms with Crippen LogP contribution >= 0.6 is 0 Å². The van der Waals surface area contributed by atoms with E-state index in [2.05, 4.69) is 17.1 Å². The van der Waals surface area contributed by atoms with Gasteiger partial charge in [0.1, 0.15) is 5.60 Å². The van der Waals surface area contributed by atoms with Crippen LogP contribution in [0, 0.1) is 0 Å². The van der Waals surface area contributed by atoms with Gasteiger partial charge in [-0.05, 0) is 13.3 Å². The highest BCUT2D eigenvalue weighted by atomic mass is 16.5. The van der Waals surface area contributed by atoms with Gasteiger partial charge in [-0.2, -0.15) is 4.98 Å². The van der Waals surface area contributed by atoms with Crippen molar-refractivity contribution < 1.29 is 14.0 Å². The third-order valence-corrected chi connectivity index (χ3v) is 3.49. The minimum absolute atomic E-state index is 0.190. The van der Waals surface area contributed by atoms with Crippen LogP contribution < -0.4 is 5.73 Å². The Kier molecular flexibility index (Phi) is 4.90. The normalized spacial score (nSPS) is 20.4. The second kappa shape index (κ2) is 6.45. The zero-order valence-corrected chi connectivity index (χ0v) is 11.7. The van der Waals surface area contributed by atoms with Crippen molar-refractivity contribution in [2.24, 2.45) is 5.73 Å². The molecule has 0 aromatic carbocycles. The van der Waals surface area contributed by atoms with E-state index in [9.17, 15) is 0 Å². The second-order valence-electron chi connectivity index (χ2n) is 4.89. The van der Waals surface area contributed by atoms with Crippen molar-refractivity contribution in [1.82, 2.24) is 10.1 Å². The molecule has 0 bridgehead atoms. The average Bonchev–Trinajstić information content (AvgIpc) is 2.91. The lowest BCUT2D eigenvalue weighted by Gasteiger charge is -2.33. The van der Waals surface area contributed by atoms with Gasteiger partial charge in [-0.15, -0.1) is 0 Å². The summed E-state index contributed by atoms with van der Waals surface area (Å²) in [5.41, 5.74) is 5.53. The Labute approximate surface area is 113 Å². The zero-order valence-electron chi connectivity index (χ0n) is 11.7. The number of rotatable bonds is 6. The first-order valence-electron chi connectivity index (χ1n) is 7.03. The highest BCUT2D eigenvalue weighted by molar-refractivity contribution is 5.04. The summed E-state index contributed by atoms with van der Waals surface area (Å²) in [4.78, 5) is 4.46. The van der Waals surface area contributed by atoms with E-state index in [1.807, 2.05) is 6.92 Å². The molecule has 1 aliphatic rings. The molecule has 1 aromatic rings. The lowest BCUT2D eigenvalue weighted by Crippen LogP contribution is -2.37. The van der Waals surface area contributed by atoms with E-state index in [1.54, 1.807) is 0 Å². The van der Waals surface area contributed by atoms with Crippen LogP contribution in [0.5, 0.6) is 0 Å². The highest BCUT2D eigenvalue weighted by Gasteiger charge is 2.40. The highest BCUT2D eigenvalue weighted by Crippen LogP contribution is 2.34. The van der Waals surface area contributed by atoms with Crippen LogP contribution in [0.3, 0.4) is 0 Å². The fourth-order valence-corrected chi connectivity index (χ4v) is 2.42. The van der Waals surface area contributed by atoms with Gasteiger partial charge >= 0.3 is 0 Å². The molecule has 19 heavy (non-hydrogen) atoms. The van der Waals surface area contributed by atoms with Crippen molar-refractivity contribution in [2.75, 3.05) is 19.8 Å². The first kappa shape index (κ1) is 14.4. The second-order valence-corrected chi connectivity index (χ2v) is 4.89. The topological polar surface area (TPSA) is 83.4 Å². The quantitative estimate of drug-likeness (QED) is 0.849. The summed E-state index contributed by atoms with van der Waals surface area (Å²) in [6.07, 6.45) is 3.33. The molecule has 0 spiro atoms. The first-order chi connectivity index (χ1) is 9.22. The lowest BCUT2D eigenvalue weighted by atomic mass is 9.93. The van der Waals surface area contributed by atoms with Crippen molar-refractivity contribution in [1.29, 1.82) is 0 Å². The van der Waals surface area contributed by atoms with Gasteiger partial charge in [0.25, 0.3) is 0 Å². The third kappa shape index (κ3) is 3.13. The molecular formula is C13H23N3O3. The molecule has 1 aromatic heterocycles. The number of hydrogen-bond donors (Lipinski definition) is 1. The molecule has 0 aliphatic carbocycles. The maximum absolute atomic E-state index is 6.00. The van der Waals surface area contributed by atoms with Gasteiger partial charge in [-0.3, -0.25) is 0 Å². The Morgan fingerprint density at radius 2 is 2.11 bits per heavy atom. The number of aromatic nitrogens is 2. The monoisotopic (exact) mass is 269 g/mol. The van der Waals surface area contributed by atoms with E-state index < -0.39 is 5.60 Å². The van der Waals surface area contributed by atoms with Gasteiger partial charge < -0.3 is 19.7 Å². The van der Waals surface area contributed by atoms with Gasteiger partial charge in [0.15, 0.2) is 0 Å². The van der Waals surface area contributed by atoms with Crippen LogP contribution in [0.4, 0.5) is 0 Å². The molecule has 1 saturated heterocycles. The molecule has 1 aliphatic heterocycles. The van der Waals surface area contributed by atoms with Gasteiger partial charge in [-0.1, -0.05) is 18.5 Å². The summed E-state index contributed by atoms with van der Waals surface area (Å²) in [6, 6.07) is -0.190. The molecular weight excluding hydrogens is 246 g/mol. The predicted octanol–water partition coefficient (Wildman–Crippen LogP) is 1.91. The number of ether oxygens (including phenoxy) is 2. The van der Waals surface area contributed by atoms with Crippen molar-refractivity contribution >= 4 is 0 Å². The van der Waals surface area contributed by atoms with Gasteiger partial charge in [0, 0.05) is 32.7 Å². The Balaban J connectivity index is 2.18. The van der Waals surface area contributed by atoms with Crippen molar-refractivity contribution in [3.8, 4) is 0 Å². The molecule has 1 fully saturated rings. The molecule has 6 heteroatoms. The molecule has 2 heterocycles. The largest absolute Gasteiger partial charge is 0.381 e. The van der Waals surface area contributed by atoms with E-state index in [0.717, 1.165) is 25.7 Å². The molecule has 6 nitrogen and oxygen atoms in total. The van der Waals surface area contributed by atoms with E-state index in [-0.39, 0.29) is 6.04 Å². The Morgan fingerprint density at radius 1 is 1.37 bits per heavy atom. The minimum atomic E-state index is -0.472. The Morgan fingerprint density at radius 3 is 2.74 bits per heavy atom. The summed E-state index contributed by atoms with van der Waals surface area (Å²) in [5.74, 6) is 1.11. The number of nitrogens with zero attached hydrogens (tertiary/aromatic N) is 2. The summed E-state index contributed by atoms with van der Waals surface area (Å²) < 4.78 is 16.6. The maximum Gasteiger partial charge on any atom is 0.243 e. The van der Waals surface area contributed by atoms with Crippen LogP contribution in [0.1, 0.15) is 57.3 Å². The van der Waals surface area contributed by atoms with E-state index in [4.69, 9.17) is 19.7 Å². The SMILES string of the molecule is CCCC(N)c1nc(C2(OCC)CCOCC2)no1. The fraction of sp³-hybridized carbons (Fsp3) is 0.846. The molecule has 1 atom stereocenters. The minimum Gasteiger partial charge on any atom is -0.381 e.